The minimum atomic E-state index is 0.0278. The van der Waals surface area contributed by atoms with Crippen LogP contribution in [-0.4, -0.2) is 42.8 Å². The molecule has 2 unspecified atom stereocenters. The van der Waals surface area contributed by atoms with E-state index in [4.69, 9.17) is 4.74 Å². The van der Waals surface area contributed by atoms with E-state index in [2.05, 4.69) is 17.4 Å². The molecule has 1 aliphatic rings. The number of carbonyl (C=O) groups is 1. The summed E-state index contributed by atoms with van der Waals surface area (Å²) >= 11 is 0. The maximum Gasteiger partial charge on any atom is 0.317 e. The Bertz CT molecular complexity index is 412. The van der Waals surface area contributed by atoms with E-state index in [9.17, 15) is 4.79 Å². The molecule has 0 spiro atoms. The highest BCUT2D eigenvalue weighted by atomic mass is 16.5. The Kier molecular flexibility index (Phi) is 5.41. The zero-order valence-electron chi connectivity index (χ0n) is 12.3. The van der Waals surface area contributed by atoms with Crippen LogP contribution in [0.1, 0.15) is 25.8 Å². The molecule has 110 valence electrons. The van der Waals surface area contributed by atoms with Crippen molar-refractivity contribution in [2.75, 3.05) is 19.6 Å². The number of benzene rings is 1. The van der Waals surface area contributed by atoms with Crippen molar-refractivity contribution in [3.63, 3.8) is 0 Å². The van der Waals surface area contributed by atoms with Gasteiger partial charge in [-0.3, -0.25) is 0 Å². The van der Waals surface area contributed by atoms with E-state index < -0.39 is 0 Å². The topological polar surface area (TPSA) is 41.6 Å². The Morgan fingerprint density at radius 2 is 1.90 bits per heavy atom. The molecule has 1 fully saturated rings. The van der Waals surface area contributed by atoms with Crippen molar-refractivity contribution < 1.29 is 9.53 Å². The van der Waals surface area contributed by atoms with Crippen molar-refractivity contribution in [1.29, 1.82) is 0 Å². The molecule has 4 heteroatoms. The quantitative estimate of drug-likeness (QED) is 0.858. The first-order valence-electron chi connectivity index (χ1n) is 7.37. The van der Waals surface area contributed by atoms with E-state index in [-0.39, 0.29) is 18.2 Å². The summed E-state index contributed by atoms with van der Waals surface area (Å²) in [6.45, 7) is 6.08. The van der Waals surface area contributed by atoms with Crippen molar-refractivity contribution in [3.05, 3.63) is 35.9 Å². The zero-order valence-corrected chi connectivity index (χ0v) is 12.3. The number of carbonyl (C=O) groups excluding carboxylic acids is 1. The van der Waals surface area contributed by atoms with Crippen molar-refractivity contribution in [3.8, 4) is 0 Å². The lowest BCUT2D eigenvalue weighted by Crippen LogP contribution is -2.51. The van der Waals surface area contributed by atoms with Gasteiger partial charge in [-0.25, -0.2) is 4.79 Å². The average molecular weight is 276 g/mol. The predicted molar refractivity (Wildman–Crippen MR) is 79.7 cm³/mol. The molecule has 0 bridgehead atoms. The van der Waals surface area contributed by atoms with Gasteiger partial charge in [0.05, 0.1) is 12.2 Å². The second kappa shape index (κ2) is 7.29. The van der Waals surface area contributed by atoms with Crippen LogP contribution in [0.2, 0.25) is 0 Å². The Balaban J connectivity index is 1.67. The molecule has 1 aromatic rings. The Hall–Kier alpha value is -1.55. The molecule has 0 radical (unpaired) electrons. The van der Waals surface area contributed by atoms with Gasteiger partial charge in [-0.05, 0) is 32.3 Å². The summed E-state index contributed by atoms with van der Waals surface area (Å²) < 4.78 is 5.63. The molecule has 2 amide bonds. The first kappa shape index (κ1) is 14.9. The summed E-state index contributed by atoms with van der Waals surface area (Å²) in [5.41, 5.74) is 1.32. The standard InChI is InChI=1S/C16H24N2O2/c1-13-11-18(12-14(2)20-13)16(19)17-10-6-9-15-7-4-3-5-8-15/h3-5,7-8,13-14H,6,9-12H2,1-2H3,(H,17,19). The summed E-state index contributed by atoms with van der Waals surface area (Å²) in [7, 11) is 0. The molecule has 4 nitrogen and oxygen atoms in total. The molecule has 1 heterocycles. The van der Waals surface area contributed by atoms with E-state index in [1.165, 1.54) is 5.56 Å². The van der Waals surface area contributed by atoms with E-state index in [0.29, 0.717) is 19.6 Å². The second-order valence-electron chi connectivity index (χ2n) is 5.48. The third-order valence-electron chi connectivity index (χ3n) is 3.47. The van der Waals surface area contributed by atoms with Crippen molar-refractivity contribution in [2.45, 2.75) is 38.9 Å². The SMILES string of the molecule is CC1CN(C(=O)NCCCc2ccccc2)CC(C)O1. The highest BCUT2D eigenvalue weighted by molar-refractivity contribution is 5.74. The lowest BCUT2D eigenvalue weighted by molar-refractivity contribution is -0.0545. The number of urea groups is 1. The number of aryl methyl sites for hydroxylation is 1. The van der Waals surface area contributed by atoms with Gasteiger partial charge in [0, 0.05) is 19.6 Å². The largest absolute Gasteiger partial charge is 0.372 e. The van der Waals surface area contributed by atoms with E-state index in [1.807, 2.05) is 36.9 Å². The fourth-order valence-corrected chi connectivity index (χ4v) is 2.59. The van der Waals surface area contributed by atoms with Gasteiger partial charge in [-0.15, -0.1) is 0 Å². The minimum absolute atomic E-state index is 0.0278. The van der Waals surface area contributed by atoms with E-state index in [0.717, 1.165) is 12.8 Å². The number of hydrogen-bond donors (Lipinski definition) is 1. The molecule has 0 aliphatic carbocycles. The molecule has 2 atom stereocenters. The van der Waals surface area contributed by atoms with Crippen LogP contribution in [0.5, 0.6) is 0 Å². The van der Waals surface area contributed by atoms with Gasteiger partial charge in [0.15, 0.2) is 0 Å². The first-order chi connectivity index (χ1) is 9.65. The van der Waals surface area contributed by atoms with Crippen LogP contribution in [0, 0.1) is 0 Å². The monoisotopic (exact) mass is 276 g/mol. The smallest absolute Gasteiger partial charge is 0.317 e. The molecular formula is C16H24N2O2. The molecule has 1 aliphatic heterocycles. The molecule has 1 aromatic carbocycles. The van der Waals surface area contributed by atoms with Crippen LogP contribution >= 0.6 is 0 Å². The van der Waals surface area contributed by atoms with Gasteiger partial charge < -0.3 is 15.0 Å². The summed E-state index contributed by atoms with van der Waals surface area (Å²) in [4.78, 5) is 13.9. The van der Waals surface area contributed by atoms with Gasteiger partial charge in [0.2, 0.25) is 0 Å². The third kappa shape index (κ3) is 4.53. The van der Waals surface area contributed by atoms with Crippen LogP contribution < -0.4 is 5.32 Å². The van der Waals surface area contributed by atoms with Crippen molar-refractivity contribution in [1.82, 2.24) is 10.2 Å². The maximum atomic E-state index is 12.1. The molecule has 1 N–H and O–H groups in total. The average Bonchev–Trinajstić information content (AvgIpc) is 2.43. The predicted octanol–water partition coefficient (Wildman–Crippen LogP) is 2.44. The number of ether oxygens (including phenoxy) is 1. The molecular weight excluding hydrogens is 252 g/mol. The van der Waals surface area contributed by atoms with E-state index in [1.54, 1.807) is 0 Å². The zero-order chi connectivity index (χ0) is 14.4. The van der Waals surface area contributed by atoms with Crippen LogP contribution in [0.3, 0.4) is 0 Å². The van der Waals surface area contributed by atoms with Crippen molar-refractivity contribution >= 4 is 6.03 Å². The lowest BCUT2D eigenvalue weighted by Gasteiger charge is -2.35. The normalized spacial score (nSPS) is 22.6. The fourth-order valence-electron chi connectivity index (χ4n) is 2.59. The van der Waals surface area contributed by atoms with Gasteiger partial charge >= 0.3 is 6.03 Å². The van der Waals surface area contributed by atoms with Crippen molar-refractivity contribution in [2.24, 2.45) is 0 Å². The summed E-state index contributed by atoms with van der Waals surface area (Å²) in [5, 5.41) is 3.00. The number of rotatable bonds is 4. The van der Waals surface area contributed by atoms with Crippen LogP contribution in [0.15, 0.2) is 30.3 Å². The lowest BCUT2D eigenvalue weighted by atomic mass is 10.1. The van der Waals surface area contributed by atoms with Gasteiger partial charge in [0.1, 0.15) is 0 Å². The number of nitrogens with zero attached hydrogens (tertiary/aromatic N) is 1. The van der Waals surface area contributed by atoms with Gasteiger partial charge in [-0.2, -0.15) is 0 Å². The van der Waals surface area contributed by atoms with Gasteiger partial charge in [0.25, 0.3) is 0 Å². The van der Waals surface area contributed by atoms with E-state index >= 15 is 0 Å². The molecule has 2 rings (SSSR count). The number of hydrogen-bond acceptors (Lipinski definition) is 2. The third-order valence-corrected chi connectivity index (χ3v) is 3.47. The number of morpholine rings is 1. The first-order valence-corrected chi connectivity index (χ1v) is 7.37. The molecule has 20 heavy (non-hydrogen) atoms. The summed E-state index contributed by atoms with van der Waals surface area (Å²) in [6.07, 6.45) is 2.20. The minimum Gasteiger partial charge on any atom is -0.372 e. The molecule has 1 saturated heterocycles. The van der Waals surface area contributed by atoms with Crippen LogP contribution in [0.25, 0.3) is 0 Å². The number of nitrogens with one attached hydrogen (secondary N) is 1. The molecule has 0 saturated carbocycles. The maximum absolute atomic E-state index is 12.1. The fraction of sp³-hybridized carbons (Fsp3) is 0.562. The highest BCUT2D eigenvalue weighted by Crippen LogP contribution is 2.10. The Labute approximate surface area is 121 Å². The Morgan fingerprint density at radius 1 is 1.25 bits per heavy atom. The highest BCUT2D eigenvalue weighted by Gasteiger charge is 2.25. The van der Waals surface area contributed by atoms with Gasteiger partial charge in [-0.1, -0.05) is 30.3 Å². The number of amides is 2. The Morgan fingerprint density at radius 3 is 2.55 bits per heavy atom. The summed E-state index contributed by atoms with van der Waals surface area (Å²) in [6, 6.07) is 10.4. The summed E-state index contributed by atoms with van der Waals surface area (Å²) in [5.74, 6) is 0. The molecule has 0 aromatic heterocycles. The van der Waals surface area contributed by atoms with Crippen LogP contribution in [-0.2, 0) is 11.2 Å². The second-order valence-corrected chi connectivity index (χ2v) is 5.48. The van der Waals surface area contributed by atoms with Crippen LogP contribution in [0.4, 0.5) is 4.79 Å².